The van der Waals surface area contributed by atoms with Gasteiger partial charge in [-0.15, -0.1) is 0 Å². The summed E-state index contributed by atoms with van der Waals surface area (Å²) in [6.07, 6.45) is 20.7. The van der Waals surface area contributed by atoms with Crippen molar-refractivity contribution in [2.75, 3.05) is 5.75 Å². The van der Waals surface area contributed by atoms with Crippen molar-refractivity contribution in [3.05, 3.63) is 59.3 Å². The minimum absolute atomic E-state index is 0.0544. The van der Waals surface area contributed by atoms with E-state index in [4.69, 9.17) is 0 Å². The lowest BCUT2D eigenvalue weighted by Crippen LogP contribution is -2.09. The van der Waals surface area contributed by atoms with Crippen LogP contribution in [0, 0.1) is 11.7 Å². The fraction of sp³-hybridized carbons (Fsp3) is 0.615. The Kier molecular flexibility index (Phi) is 17.5. The average Bonchev–Trinajstić information content (AvgIpc) is 2.76. The maximum Gasteiger partial charge on any atom is 0.153 e. The molecule has 3 atom stereocenters. The second-order valence-electron chi connectivity index (χ2n) is 8.39. The van der Waals surface area contributed by atoms with Crippen molar-refractivity contribution in [1.29, 1.82) is 0 Å². The van der Waals surface area contributed by atoms with Crippen LogP contribution in [0.4, 0.5) is 4.39 Å². The zero-order chi connectivity index (χ0) is 23.4. The Morgan fingerprint density at radius 2 is 1.50 bits per heavy atom. The van der Waals surface area contributed by atoms with Gasteiger partial charge in [-0.25, -0.2) is 8.60 Å². The minimum atomic E-state index is -1.87. The summed E-state index contributed by atoms with van der Waals surface area (Å²) in [6.45, 7) is 2.24. The Morgan fingerprint density at radius 1 is 0.906 bits per heavy atom. The highest BCUT2D eigenvalue weighted by molar-refractivity contribution is 7.87. The van der Waals surface area contributed by atoms with Crippen LogP contribution in [0.25, 0.3) is 0 Å². The third-order valence-corrected chi connectivity index (χ3v) is 7.21. The number of hydrogen-bond donors (Lipinski definition) is 1. The molecule has 32 heavy (non-hydrogen) atoms. The van der Waals surface area contributed by atoms with E-state index >= 15 is 0 Å². The number of allylic oxidation sites excluding steroid dienone is 3. The summed E-state index contributed by atoms with van der Waals surface area (Å²) in [6, 6.07) is 5.97. The Balaban J connectivity index is 2.21. The summed E-state index contributed by atoms with van der Waals surface area (Å²) in [4.78, 5) is 0. The van der Waals surface area contributed by atoms with Gasteiger partial charge in [-0.2, -0.15) is 0 Å². The van der Waals surface area contributed by atoms with E-state index in [1.54, 1.807) is 17.5 Å². The fourth-order valence-corrected chi connectivity index (χ4v) is 5.19. The van der Waals surface area contributed by atoms with E-state index in [0.717, 1.165) is 37.7 Å². The molecule has 0 bridgehead atoms. The molecule has 0 heterocycles. The highest BCUT2D eigenvalue weighted by Gasteiger charge is 2.09. The Morgan fingerprint density at radius 3 is 2.12 bits per heavy atom. The first-order chi connectivity index (χ1) is 15.5. The molecule has 1 aromatic rings. The zero-order valence-electron chi connectivity index (χ0n) is 19.6. The topological polar surface area (TPSA) is 54.4 Å². The van der Waals surface area contributed by atoms with Crippen LogP contribution < -0.4 is 0 Å². The van der Waals surface area contributed by atoms with Gasteiger partial charge in [-0.05, 0) is 61.1 Å². The molecule has 0 saturated carbocycles. The van der Waals surface area contributed by atoms with E-state index in [1.165, 1.54) is 57.1 Å². The van der Waals surface area contributed by atoms with Gasteiger partial charge < -0.3 is 4.55 Å². The molecule has 0 aliphatic rings. The summed E-state index contributed by atoms with van der Waals surface area (Å²) in [5.41, 5.74) is 0.807. The zero-order valence-corrected chi connectivity index (χ0v) is 21.2. The first-order valence-electron chi connectivity index (χ1n) is 12.0. The van der Waals surface area contributed by atoms with E-state index in [1.807, 2.05) is 6.08 Å². The lowest BCUT2D eigenvalue weighted by Gasteiger charge is -2.10. The van der Waals surface area contributed by atoms with E-state index < -0.39 is 21.9 Å². The SMILES string of the molecule is CCCCCCCCC=CCCCCCC(C=CS(=O)Cc1ccc(F)cc1)CS(=O)O. The molecule has 0 amide bonds. The van der Waals surface area contributed by atoms with Gasteiger partial charge in [0.1, 0.15) is 5.82 Å². The monoisotopic (exact) mass is 484 g/mol. The third kappa shape index (κ3) is 16.5. The molecule has 182 valence electrons. The van der Waals surface area contributed by atoms with Crippen molar-refractivity contribution in [3.63, 3.8) is 0 Å². The molecule has 1 N–H and O–H groups in total. The van der Waals surface area contributed by atoms with Crippen LogP contribution in [0.1, 0.15) is 89.5 Å². The maximum absolute atomic E-state index is 13.0. The van der Waals surface area contributed by atoms with Crippen LogP contribution in [-0.4, -0.2) is 18.7 Å². The lowest BCUT2D eigenvalue weighted by molar-refractivity contribution is 0.530. The normalized spacial score (nSPS) is 14.8. The number of hydrogen-bond acceptors (Lipinski definition) is 2. The molecule has 0 aliphatic heterocycles. The van der Waals surface area contributed by atoms with Crippen LogP contribution in [0.2, 0.25) is 0 Å². The van der Waals surface area contributed by atoms with Gasteiger partial charge in [-0.3, -0.25) is 4.21 Å². The predicted octanol–water partition coefficient (Wildman–Crippen LogP) is 7.68. The van der Waals surface area contributed by atoms with Crippen LogP contribution in [0.15, 0.2) is 47.9 Å². The second-order valence-corrected chi connectivity index (χ2v) is 10.7. The second kappa shape index (κ2) is 19.4. The van der Waals surface area contributed by atoms with Gasteiger partial charge in [0.25, 0.3) is 0 Å². The lowest BCUT2D eigenvalue weighted by atomic mass is 10.0. The summed E-state index contributed by atoms with van der Waals surface area (Å²) >= 11 is -1.87. The summed E-state index contributed by atoms with van der Waals surface area (Å²) in [5, 5.41) is 1.62. The van der Waals surface area contributed by atoms with E-state index in [9.17, 15) is 17.4 Å². The predicted molar refractivity (Wildman–Crippen MR) is 137 cm³/mol. The Labute approximate surface area is 199 Å². The van der Waals surface area contributed by atoms with Gasteiger partial charge in [-0.1, -0.05) is 82.2 Å². The van der Waals surface area contributed by atoms with Crippen LogP contribution >= 0.6 is 0 Å². The molecule has 0 aliphatic carbocycles. The Bertz CT molecular complexity index is 702. The van der Waals surface area contributed by atoms with Crippen LogP contribution in [-0.2, 0) is 27.6 Å². The van der Waals surface area contributed by atoms with Gasteiger partial charge in [0.15, 0.2) is 11.1 Å². The van der Waals surface area contributed by atoms with Gasteiger partial charge in [0, 0.05) is 10.8 Å². The van der Waals surface area contributed by atoms with Crippen LogP contribution in [0.3, 0.4) is 0 Å². The quantitative estimate of drug-likeness (QED) is 0.124. The van der Waals surface area contributed by atoms with Gasteiger partial charge in [0.05, 0.1) is 11.5 Å². The van der Waals surface area contributed by atoms with Crippen molar-refractivity contribution >= 4 is 21.9 Å². The van der Waals surface area contributed by atoms with E-state index in [0.29, 0.717) is 5.75 Å². The minimum Gasteiger partial charge on any atom is -0.306 e. The first kappa shape index (κ1) is 28.9. The molecule has 1 aromatic carbocycles. The number of halogens is 1. The molecular formula is C26H41FO3S2. The number of unbranched alkanes of at least 4 members (excludes halogenated alkanes) is 9. The molecule has 0 saturated heterocycles. The highest BCUT2D eigenvalue weighted by Crippen LogP contribution is 2.15. The molecule has 6 heteroatoms. The third-order valence-electron chi connectivity index (χ3n) is 5.42. The van der Waals surface area contributed by atoms with Crippen molar-refractivity contribution in [3.8, 4) is 0 Å². The van der Waals surface area contributed by atoms with Crippen molar-refractivity contribution in [2.24, 2.45) is 5.92 Å². The molecule has 1 rings (SSSR count). The molecule has 0 spiro atoms. The van der Waals surface area contributed by atoms with Crippen molar-refractivity contribution in [1.82, 2.24) is 0 Å². The standard InChI is InChI=1S/C26H41FO3S2/c1-2-3-4-5-6-7-8-9-10-11-12-13-14-15-24(23-32(29)30)20-21-31(28)22-25-16-18-26(27)19-17-25/h9-10,16-21,24H,2-8,11-15,22-23H2,1H3,(H,29,30). The van der Waals surface area contributed by atoms with Gasteiger partial charge >= 0.3 is 0 Å². The van der Waals surface area contributed by atoms with E-state index in [2.05, 4.69) is 19.1 Å². The molecular weight excluding hydrogens is 443 g/mol. The largest absolute Gasteiger partial charge is 0.306 e. The molecule has 3 unspecified atom stereocenters. The molecule has 0 fully saturated rings. The smallest absolute Gasteiger partial charge is 0.153 e. The molecule has 0 aromatic heterocycles. The van der Waals surface area contributed by atoms with Crippen LogP contribution in [0.5, 0.6) is 0 Å². The highest BCUT2D eigenvalue weighted by atomic mass is 32.2. The van der Waals surface area contributed by atoms with E-state index in [-0.39, 0.29) is 17.5 Å². The van der Waals surface area contributed by atoms with Crippen molar-refractivity contribution in [2.45, 2.75) is 89.7 Å². The Hall–Kier alpha value is -1.11. The number of rotatable bonds is 19. The summed E-state index contributed by atoms with van der Waals surface area (Å²) in [5.74, 6) is 0.120. The van der Waals surface area contributed by atoms with Crippen molar-refractivity contribution < 1.29 is 17.4 Å². The first-order valence-corrected chi connectivity index (χ1v) is 14.7. The average molecular weight is 485 g/mol. The fourth-order valence-electron chi connectivity index (χ4n) is 3.53. The number of benzene rings is 1. The summed E-state index contributed by atoms with van der Waals surface area (Å²) in [7, 11) is -1.22. The molecule has 0 radical (unpaired) electrons. The summed E-state index contributed by atoms with van der Waals surface area (Å²) < 4.78 is 45.8. The van der Waals surface area contributed by atoms with Gasteiger partial charge in [0.2, 0.25) is 0 Å². The maximum atomic E-state index is 13.0. The molecule has 3 nitrogen and oxygen atoms in total.